The first-order chi connectivity index (χ1) is 18.1. The van der Waals surface area contributed by atoms with Gasteiger partial charge in [0.1, 0.15) is 28.7 Å². The molecule has 38 heavy (non-hydrogen) atoms. The molecule has 4 aromatic carbocycles. The van der Waals surface area contributed by atoms with E-state index in [1.54, 1.807) is 32.0 Å². The minimum atomic E-state index is -0.696. The highest BCUT2D eigenvalue weighted by atomic mass is 16.5. The fourth-order valence-electron chi connectivity index (χ4n) is 6.17. The first kappa shape index (κ1) is 23.6. The number of aryl methyl sites for hydroxylation is 2. The van der Waals surface area contributed by atoms with Gasteiger partial charge in [-0.1, -0.05) is 24.3 Å². The highest BCUT2D eigenvalue weighted by Crippen LogP contribution is 2.56. The Hall–Kier alpha value is -4.78. The molecular formula is C31H24O7. The highest BCUT2D eigenvalue weighted by Gasteiger charge is 2.45. The van der Waals surface area contributed by atoms with Crippen LogP contribution in [0.1, 0.15) is 77.1 Å². The van der Waals surface area contributed by atoms with Crippen LogP contribution in [-0.4, -0.2) is 39.1 Å². The number of carbonyl (C=O) groups is 2. The second-order valence-electron chi connectivity index (χ2n) is 9.96. The van der Waals surface area contributed by atoms with Crippen LogP contribution >= 0.6 is 0 Å². The van der Waals surface area contributed by atoms with Gasteiger partial charge in [0, 0.05) is 17.9 Å². The van der Waals surface area contributed by atoms with Gasteiger partial charge in [-0.15, -0.1) is 0 Å². The molecule has 0 saturated heterocycles. The van der Waals surface area contributed by atoms with E-state index in [1.165, 1.54) is 31.4 Å². The number of hydrogen-bond donors (Lipinski definition) is 4. The summed E-state index contributed by atoms with van der Waals surface area (Å²) < 4.78 is 5.43. The third-order valence-electron chi connectivity index (χ3n) is 7.60. The summed E-state index contributed by atoms with van der Waals surface area (Å²) in [6, 6.07) is 14.4. The van der Waals surface area contributed by atoms with E-state index in [-0.39, 0.29) is 45.3 Å². The van der Waals surface area contributed by atoms with Crippen molar-refractivity contribution in [1.29, 1.82) is 0 Å². The summed E-state index contributed by atoms with van der Waals surface area (Å²) >= 11 is 0. The maximum Gasteiger partial charge on any atom is 0.201 e. The monoisotopic (exact) mass is 508 g/mol. The number of hydrogen-bond acceptors (Lipinski definition) is 7. The number of phenols is 4. The average molecular weight is 509 g/mol. The molecule has 7 nitrogen and oxygen atoms in total. The van der Waals surface area contributed by atoms with Gasteiger partial charge in [0.25, 0.3) is 0 Å². The lowest BCUT2D eigenvalue weighted by Crippen LogP contribution is -2.29. The van der Waals surface area contributed by atoms with Crippen molar-refractivity contribution in [1.82, 2.24) is 0 Å². The van der Waals surface area contributed by atoms with Gasteiger partial charge in [0.2, 0.25) is 11.6 Å². The zero-order valence-electron chi connectivity index (χ0n) is 20.9. The largest absolute Gasteiger partial charge is 0.507 e. The Labute approximate surface area is 218 Å². The molecule has 7 heteroatoms. The van der Waals surface area contributed by atoms with Crippen molar-refractivity contribution in [2.75, 3.05) is 7.11 Å². The van der Waals surface area contributed by atoms with E-state index in [1.807, 2.05) is 12.1 Å². The summed E-state index contributed by atoms with van der Waals surface area (Å²) in [4.78, 5) is 27.3. The molecule has 0 heterocycles. The molecule has 6 rings (SSSR count). The van der Waals surface area contributed by atoms with Crippen LogP contribution < -0.4 is 4.74 Å². The molecular weight excluding hydrogens is 484 g/mol. The Kier molecular flexibility index (Phi) is 5.04. The third kappa shape index (κ3) is 3.14. The number of fused-ring (bicyclic) bond motifs is 4. The Morgan fingerprint density at radius 2 is 1.03 bits per heavy atom. The molecule has 0 aromatic heterocycles. The molecule has 0 amide bonds. The van der Waals surface area contributed by atoms with E-state index in [0.29, 0.717) is 33.6 Å². The molecule has 0 saturated carbocycles. The summed E-state index contributed by atoms with van der Waals surface area (Å²) in [5.74, 6) is -3.02. The normalized spacial score (nSPS) is 17.3. The smallest absolute Gasteiger partial charge is 0.201 e. The first-order valence-corrected chi connectivity index (χ1v) is 12.1. The van der Waals surface area contributed by atoms with Gasteiger partial charge in [-0.05, 0) is 71.5 Å². The number of phenolic OH excluding ortho intramolecular Hbond substituents is 4. The average Bonchev–Trinajstić information content (AvgIpc) is 2.84. The zero-order valence-corrected chi connectivity index (χ0v) is 20.9. The summed E-state index contributed by atoms with van der Waals surface area (Å²) in [7, 11) is 1.45. The van der Waals surface area contributed by atoms with Crippen LogP contribution in [0.3, 0.4) is 0 Å². The molecule has 2 aliphatic carbocycles. The minimum absolute atomic E-state index is 0.0273. The lowest BCUT2D eigenvalue weighted by molar-refractivity contribution is 0.101. The second kappa shape index (κ2) is 8.11. The first-order valence-electron chi connectivity index (χ1n) is 12.1. The zero-order chi connectivity index (χ0) is 27.0. The Balaban J connectivity index is 1.79. The summed E-state index contributed by atoms with van der Waals surface area (Å²) in [5.41, 5.74) is 3.63. The lowest BCUT2D eigenvalue weighted by Gasteiger charge is -2.38. The summed E-state index contributed by atoms with van der Waals surface area (Å²) in [5, 5.41) is 43.7. The molecule has 0 radical (unpaired) electrons. The molecule has 0 aliphatic heterocycles. The Morgan fingerprint density at radius 3 is 1.55 bits per heavy atom. The van der Waals surface area contributed by atoms with Gasteiger partial charge in [-0.25, -0.2) is 0 Å². The van der Waals surface area contributed by atoms with Crippen molar-refractivity contribution < 1.29 is 34.8 Å². The predicted octanol–water partition coefficient (Wildman–Crippen LogP) is 5.19. The molecule has 2 unspecified atom stereocenters. The van der Waals surface area contributed by atoms with Crippen molar-refractivity contribution >= 4 is 11.6 Å². The molecule has 2 aliphatic rings. The van der Waals surface area contributed by atoms with Crippen molar-refractivity contribution in [3.8, 4) is 28.7 Å². The van der Waals surface area contributed by atoms with Gasteiger partial charge in [-0.3, -0.25) is 9.59 Å². The quantitative estimate of drug-likeness (QED) is 0.294. The molecule has 190 valence electrons. The number of methoxy groups -OCH3 is 1. The number of ketones is 2. The van der Waals surface area contributed by atoms with Gasteiger partial charge >= 0.3 is 0 Å². The predicted molar refractivity (Wildman–Crippen MR) is 139 cm³/mol. The maximum atomic E-state index is 13.7. The molecule has 4 N–H and O–H groups in total. The van der Waals surface area contributed by atoms with E-state index >= 15 is 0 Å². The van der Waals surface area contributed by atoms with E-state index in [0.717, 1.165) is 5.56 Å². The summed E-state index contributed by atoms with van der Waals surface area (Å²) in [6.07, 6.45) is 0. The molecule has 4 aromatic rings. The number of aromatic hydroxyl groups is 4. The van der Waals surface area contributed by atoms with Crippen molar-refractivity contribution in [2.45, 2.75) is 25.7 Å². The van der Waals surface area contributed by atoms with Crippen LogP contribution in [0.2, 0.25) is 0 Å². The highest BCUT2D eigenvalue weighted by molar-refractivity contribution is 6.18. The number of benzene rings is 4. The van der Waals surface area contributed by atoms with Crippen LogP contribution in [0.25, 0.3) is 0 Å². The minimum Gasteiger partial charge on any atom is -0.507 e. The van der Waals surface area contributed by atoms with E-state index < -0.39 is 23.4 Å². The molecule has 0 fully saturated rings. The fourth-order valence-corrected chi connectivity index (χ4v) is 6.17. The van der Waals surface area contributed by atoms with Crippen molar-refractivity contribution in [2.24, 2.45) is 0 Å². The van der Waals surface area contributed by atoms with E-state index in [4.69, 9.17) is 4.74 Å². The lowest BCUT2D eigenvalue weighted by atomic mass is 9.63. The fraction of sp³-hybridized carbons (Fsp3) is 0.161. The van der Waals surface area contributed by atoms with Gasteiger partial charge in [-0.2, -0.15) is 0 Å². The topological polar surface area (TPSA) is 124 Å². The SMILES string of the molecule is COc1cc(O)c2c(c1)C(C1c3cccc(O)c3C(=O)c3c(O)cc(C)cc31)c1cc(C)cc(O)c1C2=O. The van der Waals surface area contributed by atoms with Crippen molar-refractivity contribution in [3.05, 3.63) is 110 Å². The van der Waals surface area contributed by atoms with Crippen LogP contribution in [0, 0.1) is 13.8 Å². The van der Waals surface area contributed by atoms with Gasteiger partial charge in [0.05, 0.1) is 29.4 Å². The number of rotatable bonds is 2. The van der Waals surface area contributed by atoms with Crippen LogP contribution in [0.15, 0.2) is 54.6 Å². The maximum absolute atomic E-state index is 13.7. The van der Waals surface area contributed by atoms with Crippen molar-refractivity contribution in [3.63, 3.8) is 0 Å². The van der Waals surface area contributed by atoms with Gasteiger partial charge in [0.15, 0.2) is 0 Å². The molecule has 2 atom stereocenters. The van der Waals surface area contributed by atoms with Crippen LogP contribution in [-0.2, 0) is 0 Å². The Bertz CT molecular complexity index is 1720. The van der Waals surface area contributed by atoms with Crippen LogP contribution in [0.4, 0.5) is 0 Å². The standard InChI is InChI=1S/C31H24O7/c1-13-7-17-24(16-5-4-6-20(32)26(16)30(36)27(17)21(33)9-13)25-18-8-14(2)10-22(34)28(18)31(37)29-19(25)11-15(38-3)12-23(29)35/h4-12,24-25,32-35H,1-3H3. The molecule has 0 spiro atoms. The van der Waals surface area contributed by atoms with E-state index in [9.17, 15) is 30.0 Å². The second-order valence-corrected chi connectivity index (χ2v) is 9.96. The molecule has 0 bridgehead atoms. The Morgan fingerprint density at radius 1 is 0.579 bits per heavy atom. The van der Waals surface area contributed by atoms with Crippen LogP contribution in [0.5, 0.6) is 28.7 Å². The number of ether oxygens (including phenoxy) is 1. The third-order valence-corrected chi connectivity index (χ3v) is 7.60. The number of carbonyl (C=O) groups excluding carboxylic acids is 2. The van der Waals surface area contributed by atoms with Gasteiger partial charge < -0.3 is 25.2 Å². The summed E-state index contributed by atoms with van der Waals surface area (Å²) in [6.45, 7) is 3.60. The van der Waals surface area contributed by atoms with E-state index in [2.05, 4.69) is 0 Å².